The summed E-state index contributed by atoms with van der Waals surface area (Å²) in [5.74, 6) is 4.90. The molecular weight excluding hydrogens is 266 g/mol. The van der Waals surface area contributed by atoms with Crippen LogP contribution in [0.2, 0.25) is 0 Å². The molecule has 1 aromatic carbocycles. The van der Waals surface area contributed by atoms with Gasteiger partial charge in [0.25, 0.3) is 0 Å². The molecule has 1 aliphatic carbocycles. The van der Waals surface area contributed by atoms with Crippen molar-refractivity contribution in [3.8, 4) is 0 Å². The van der Waals surface area contributed by atoms with Crippen molar-refractivity contribution in [3.63, 3.8) is 0 Å². The molecule has 1 saturated carbocycles. The molecule has 0 spiro atoms. The highest BCUT2D eigenvalue weighted by molar-refractivity contribution is 5.77. The molecule has 0 atom stereocenters. The van der Waals surface area contributed by atoms with E-state index in [1.165, 1.54) is 31.2 Å². The molecule has 1 fully saturated rings. The van der Waals surface area contributed by atoms with Crippen molar-refractivity contribution in [1.29, 1.82) is 0 Å². The predicted molar refractivity (Wildman–Crippen MR) is 82.2 cm³/mol. The molecule has 5 heteroatoms. The normalized spacial score (nSPS) is 15.6. The van der Waals surface area contributed by atoms with E-state index in [4.69, 9.17) is 5.84 Å². The molecule has 1 aromatic rings. The van der Waals surface area contributed by atoms with E-state index >= 15 is 0 Å². The van der Waals surface area contributed by atoms with Gasteiger partial charge in [-0.15, -0.1) is 0 Å². The number of nitrogens with zero attached hydrogens (tertiary/aromatic N) is 1. The van der Waals surface area contributed by atoms with Crippen LogP contribution in [0.25, 0.3) is 0 Å². The third-order valence-electron chi connectivity index (χ3n) is 4.16. The summed E-state index contributed by atoms with van der Waals surface area (Å²) >= 11 is 0. The molecule has 0 heterocycles. The van der Waals surface area contributed by atoms with Gasteiger partial charge in [0.2, 0.25) is 5.91 Å². The number of benzene rings is 1. The Kier molecular flexibility index (Phi) is 6.17. The molecule has 0 aliphatic heterocycles. The highest BCUT2D eigenvalue weighted by atomic mass is 16.3. The number of hydrazine groups is 1. The number of carbonyl (C=O) groups excluding carboxylic acids is 1. The zero-order valence-electron chi connectivity index (χ0n) is 12.4. The Balaban J connectivity index is 1.95. The van der Waals surface area contributed by atoms with Crippen molar-refractivity contribution in [2.24, 2.45) is 5.84 Å². The van der Waals surface area contributed by atoms with Gasteiger partial charge in [-0.05, 0) is 24.0 Å². The van der Waals surface area contributed by atoms with Gasteiger partial charge in [0.15, 0.2) is 0 Å². The van der Waals surface area contributed by atoms with Gasteiger partial charge in [-0.3, -0.25) is 15.1 Å². The number of rotatable bonds is 7. The highest BCUT2D eigenvalue weighted by Crippen LogP contribution is 2.24. The molecule has 1 amide bonds. The van der Waals surface area contributed by atoms with Crippen LogP contribution >= 0.6 is 0 Å². The number of hydrogen-bond acceptors (Lipinski definition) is 4. The Labute approximate surface area is 126 Å². The molecule has 0 unspecified atom stereocenters. The molecule has 0 bridgehead atoms. The van der Waals surface area contributed by atoms with E-state index < -0.39 is 0 Å². The lowest BCUT2D eigenvalue weighted by Gasteiger charge is -2.28. The zero-order valence-corrected chi connectivity index (χ0v) is 12.4. The van der Waals surface area contributed by atoms with Crippen LogP contribution in [0.15, 0.2) is 24.3 Å². The minimum Gasteiger partial charge on any atom is -0.395 e. The first-order valence-corrected chi connectivity index (χ1v) is 7.65. The molecule has 0 saturated heterocycles. The maximum atomic E-state index is 11.2. The number of amides is 1. The summed E-state index contributed by atoms with van der Waals surface area (Å²) in [7, 11) is 0. The van der Waals surface area contributed by atoms with Crippen LogP contribution in [-0.4, -0.2) is 35.1 Å². The summed E-state index contributed by atoms with van der Waals surface area (Å²) in [6.45, 7) is 1.78. The Morgan fingerprint density at radius 1 is 1.24 bits per heavy atom. The summed E-state index contributed by atoms with van der Waals surface area (Å²) in [6.07, 6.45) is 5.35. The van der Waals surface area contributed by atoms with Gasteiger partial charge in [-0.2, -0.15) is 0 Å². The summed E-state index contributed by atoms with van der Waals surface area (Å²) < 4.78 is 0. The Bertz CT molecular complexity index is 441. The fraction of sp³-hybridized carbons (Fsp3) is 0.562. The average molecular weight is 291 g/mol. The summed E-state index contributed by atoms with van der Waals surface area (Å²) in [5.41, 5.74) is 4.31. The van der Waals surface area contributed by atoms with Crippen molar-refractivity contribution >= 4 is 5.91 Å². The number of nitrogens with one attached hydrogen (secondary N) is 1. The van der Waals surface area contributed by atoms with Crippen LogP contribution in [0.1, 0.15) is 36.8 Å². The fourth-order valence-corrected chi connectivity index (χ4v) is 3.02. The first-order chi connectivity index (χ1) is 10.2. The van der Waals surface area contributed by atoms with Crippen molar-refractivity contribution in [2.75, 3.05) is 13.2 Å². The van der Waals surface area contributed by atoms with Gasteiger partial charge in [0.05, 0.1) is 13.0 Å². The number of aliphatic hydroxyl groups excluding tert-OH is 1. The minimum absolute atomic E-state index is 0.185. The monoisotopic (exact) mass is 291 g/mol. The topological polar surface area (TPSA) is 78.6 Å². The highest BCUT2D eigenvalue weighted by Gasteiger charge is 2.22. The number of carbonyl (C=O) groups is 1. The second-order valence-electron chi connectivity index (χ2n) is 5.69. The van der Waals surface area contributed by atoms with Crippen LogP contribution in [-0.2, 0) is 17.8 Å². The van der Waals surface area contributed by atoms with E-state index in [9.17, 15) is 9.90 Å². The number of hydrogen-bond donors (Lipinski definition) is 3. The second-order valence-corrected chi connectivity index (χ2v) is 5.69. The minimum atomic E-state index is -0.185. The third kappa shape index (κ3) is 4.81. The largest absolute Gasteiger partial charge is 0.395 e. The SMILES string of the molecule is NNC(=O)Cc1ccc(CN(CCO)C2CCCC2)cc1. The van der Waals surface area contributed by atoms with Gasteiger partial charge in [-0.25, -0.2) is 5.84 Å². The van der Waals surface area contributed by atoms with E-state index in [0.717, 1.165) is 18.7 Å². The van der Waals surface area contributed by atoms with Crippen LogP contribution in [0, 0.1) is 0 Å². The first-order valence-electron chi connectivity index (χ1n) is 7.65. The lowest BCUT2D eigenvalue weighted by molar-refractivity contribution is -0.120. The quantitative estimate of drug-likeness (QED) is 0.397. The van der Waals surface area contributed by atoms with Gasteiger partial charge < -0.3 is 5.11 Å². The lowest BCUT2D eigenvalue weighted by Crippen LogP contribution is -2.35. The van der Waals surface area contributed by atoms with Crippen molar-refractivity contribution < 1.29 is 9.90 Å². The van der Waals surface area contributed by atoms with E-state index in [1.54, 1.807) is 0 Å². The van der Waals surface area contributed by atoms with Crippen LogP contribution < -0.4 is 11.3 Å². The fourth-order valence-electron chi connectivity index (χ4n) is 3.02. The molecule has 2 rings (SSSR count). The summed E-state index contributed by atoms with van der Waals surface area (Å²) in [5, 5.41) is 9.25. The second kappa shape index (κ2) is 8.12. The summed E-state index contributed by atoms with van der Waals surface area (Å²) in [4.78, 5) is 13.6. The average Bonchev–Trinajstić information content (AvgIpc) is 3.03. The standard InChI is InChI=1S/C16H25N3O2/c17-18-16(21)11-13-5-7-14(8-6-13)12-19(9-10-20)15-3-1-2-4-15/h5-8,15,20H,1-4,9-12,17H2,(H,18,21). The Morgan fingerprint density at radius 3 is 2.43 bits per heavy atom. The Hall–Kier alpha value is -1.43. The van der Waals surface area contributed by atoms with E-state index in [-0.39, 0.29) is 12.5 Å². The predicted octanol–water partition coefficient (Wildman–Crippen LogP) is 0.956. The van der Waals surface area contributed by atoms with Gasteiger partial charge in [0.1, 0.15) is 0 Å². The van der Waals surface area contributed by atoms with Gasteiger partial charge >= 0.3 is 0 Å². The van der Waals surface area contributed by atoms with Crippen molar-refractivity contribution in [3.05, 3.63) is 35.4 Å². The van der Waals surface area contributed by atoms with Crippen LogP contribution in [0.3, 0.4) is 0 Å². The molecule has 0 radical (unpaired) electrons. The maximum Gasteiger partial charge on any atom is 0.238 e. The molecule has 1 aliphatic rings. The van der Waals surface area contributed by atoms with Crippen molar-refractivity contribution in [1.82, 2.24) is 10.3 Å². The van der Waals surface area contributed by atoms with Crippen molar-refractivity contribution in [2.45, 2.75) is 44.7 Å². The summed E-state index contributed by atoms with van der Waals surface area (Å²) in [6, 6.07) is 8.64. The molecule has 116 valence electrons. The molecule has 5 nitrogen and oxygen atoms in total. The van der Waals surface area contributed by atoms with Crippen LogP contribution in [0.4, 0.5) is 0 Å². The van der Waals surface area contributed by atoms with Gasteiger partial charge in [-0.1, -0.05) is 37.1 Å². The first kappa shape index (κ1) is 15.9. The van der Waals surface area contributed by atoms with Gasteiger partial charge in [0, 0.05) is 19.1 Å². The molecular formula is C16H25N3O2. The number of nitrogens with two attached hydrogens (primary N) is 1. The maximum absolute atomic E-state index is 11.2. The van der Waals surface area contributed by atoms with E-state index in [2.05, 4.69) is 22.5 Å². The molecule has 0 aromatic heterocycles. The molecule has 4 N–H and O–H groups in total. The Morgan fingerprint density at radius 2 is 1.86 bits per heavy atom. The lowest BCUT2D eigenvalue weighted by atomic mass is 10.1. The van der Waals surface area contributed by atoms with E-state index in [0.29, 0.717) is 12.5 Å². The zero-order chi connectivity index (χ0) is 15.1. The third-order valence-corrected chi connectivity index (χ3v) is 4.16. The number of aliphatic hydroxyl groups is 1. The van der Waals surface area contributed by atoms with Crippen LogP contribution in [0.5, 0.6) is 0 Å². The smallest absolute Gasteiger partial charge is 0.238 e. The van der Waals surface area contributed by atoms with E-state index in [1.807, 2.05) is 12.1 Å². The molecule has 21 heavy (non-hydrogen) atoms.